The van der Waals surface area contributed by atoms with Gasteiger partial charge in [-0.25, -0.2) is 0 Å². The molecule has 0 spiro atoms. The Balaban J connectivity index is 1.36. The van der Waals surface area contributed by atoms with E-state index in [0.717, 1.165) is 51.4 Å². The van der Waals surface area contributed by atoms with Crippen LogP contribution >= 0.6 is 0 Å². The molecule has 6 nitrogen and oxygen atoms in total. The number of ether oxygens (including phenoxy) is 4. The molecular formula is C19H32O6. The van der Waals surface area contributed by atoms with E-state index in [-0.39, 0.29) is 24.4 Å². The van der Waals surface area contributed by atoms with E-state index in [2.05, 4.69) is 0 Å². The van der Waals surface area contributed by atoms with Crippen molar-refractivity contribution >= 4 is 0 Å². The lowest BCUT2D eigenvalue weighted by Gasteiger charge is -2.34. The zero-order chi connectivity index (χ0) is 17.4. The second-order valence-corrected chi connectivity index (χ2v) is 8.23. The average molecular weight is 356 g/mol. The van der Waals surface area contributed by atoms with Gasteiger partial charge in [-0.15, -0.1) is 0 Å². The van der Waals surface area contributed by atoms with E-state index in [1.54, 1.807) is 0 Å². The van der Waals surface area contributed by atoms with Gasteiger partial charge in [0.2, 0.25) is 0 Å². The van der Waals surface area contributed by atoms with Crippen LogP contribution in [0.2, 0.25) is 0 Å². The highest BCUT2D eigenvalue weighted by Crippen LogP contribution is 2.33. The van der Waals surface area contributed by atoms with Crippen molar-refractivity contribution in [3.8, 4) is 0 Å². The van der Waals surface area contributed by atoms with Crippen molar-refractivity contribution in [2.24, 2.45) is 0 Å². The van der Waals surface area contributed by atoms with Crippen molar-refractivity contribution in [3.05, 3.63) is 0 Å². The predicted molar refractivity (Wildman–Crippen MR) is 90.3 cm³/mol. The minimum atomic E-state index is -1.04. The SMILES string of the molecule is CC(OC1CC1)[C@@H](OC1CC1)[C@@H](O)[C@H](O)[C@@H](COC1CC1)OC1CC1. The molecule has 4 fully saturated rings. The van der Waals surface area contributed by atoms with E-state index < -0.39 is 24.4 Å². The van der Waals surface area contributed by atoms with Crippen LogP contribution in [0.25, 0.3) is 0 Å². The molecule has 4 rings (SSSR count). The number of aliphatic hydroxyl groups excluding tert-OH is 2. The average Bonchev–Trinajstić information content (AvgIpc) is 3.45. The van der Waals surface area contributed by atoms with Gasteiger partial charge in [-0.05, 0) is 58.3 Å². The summed E-state index contributed by atoms with van der Waals surface area (Å²) in [5.41, 5.74) is 0. The topological polar surface area (TPSA) is 77.4 Å². The number of aliphatic hydroxyl groups is 2. The Kier molecular flexibility index (Phi) is 5.65. The molecule has 0 amide bonds. The lowest BCUT2D eigenvalue weighted by molar-refractivity contribution is -0.184. The van der Waals surface area contributed by atoms with Gasteiger partial charge in [-0.2, -0.15) is 0 Å². The lowest BCUT2D eigenvalue weighted by atomic mass is 9.99. The second-order valence-electron chi connectivity index (χ2n) is 8.23. The molecule has 5 atom stereocenters. The fraction of sp³-hybridized carbons (Fsp3) is 1.00. The number of hydrogen-bond donors (Lipinski definition) is 2. The molecule has 1 unspecified atom stereocenters. The van der Waals surface area contributed by atoms with Crippen molar-refractivity contribution in [1.29, 1.82) is 0 Å². The first-order chi connectivity index (χ1) is 12.1. The maximum absolute atomic E-state index is 10.9. The lowest BCUT2D eigenvalue weighted by Crippen LogP contribution is -2.52. The molecule has 0 bridgehead atoms. The van der Waals surface area contributed by atoms with E-state index in [1.165, 1.54) is 0 Å². The molecule has 0 aromatic carbocycles. The Morgan fingerprint density at radius 1 is 0.720 bits per heavy atom. The van der Waals surface area contributed by atoms with Crippen molar-refractivity contribution < 1.29 is 29.2 Å². The summed E-state index contributed by atoms with van der Waals surface area (Å²) in [7, 11) is 0. The minimum absolute atomic E-state index is 0.183. The molecule has 0 aromatic rings. The summed E-state index contributed by atoms with van der Waals surface area (Å²) in [6, 6.07) is 0. The Morgan fingerprint density at radius 2 is 1.24 bits per heavy atom. The van der Waals surface area contributed by atoms with Gasteiger partial charge in [0.1, 0.15) is 24.4 Å². The minimum Gasteiger partial charge on any atom is -0.388 e. The molecule has 2 N–H and O–H groups in total. The van der Waals surface area contributed by atoms with E-state index in [1.807, 2.05) is 6.92 Å². The molecule has 4 aliphatic rings. The summed E-state index contributed by atoms with van der Waals surface area (Å²) < 4.78 is 23.6. The van der Waals surface area contributed by atoms with Gasteiger partial charge in [-0.1, -0.05) is 0 Å². The summed E-state index contributed by atoms with van der Waals surface area (Å²) in [5.74, 6) is 0. The zero-order valence-electron chi connectivity index (χ0n) is 15.1. The third-order valence-electron chi connectivity index (χ3n) is 5.25. The first-order valence-corrected chi connectivity index (χ1v) is 10.0. The zero-order valence-corrected chi connectivity index (χ0v) is 15.1. The van der Waals surface area contributed by atoms with Crippen molar-refractivity contribution in [2.75, 3.05) is 6.61 Å². The number of rotatable bonds is 13. The van der Waals surface area contributed by atoms with Gasteiger partial charge in [0.05, 0.1) is 37.1 Å². The summed E-state index contributed by atoms with van der Waals surface area (Å²) in [6.07, 6.45) is 5.95. The van der Waals surface area contributed by atoms with Crippen LogP contribution < -0.4 is 0 Å². The summed E-state index contributed by atoms with van der Waals surface area (Å²) in [4.78, 5) is 0. The molecule has 0 radical (unpaired) electrons. The highest BCUT2D eigenvalue weighted by atomic mass is 16.6. The van der Waals surface area contributed by atoms with Crippen LogP contribution in [0, 0.1) is 0 Å². The largest absolute Gasteiger partial charge is 0.388 e. The highest BCUT2D eigenvalue weighted by Gasteiger charge is 2.43. The standard InChI is InChI=1S/C19H32O6/c1-11(23-13-4-5-13)19(25-15-8-9-15)18(21)17(20)16(24-14-6-7-14)10-22-12-2-3-12/h11-21H,2-10H2,1H3/t11?,16-,17-,18+,19-/m1/s1. The van der Waals surface area contributed by atoms with E-state index in [4.69, 9.17) is 18.9 Å². The van der Waals surface area contributed by atoms with Crippen LogP contribution in [-0.4, -0.2) is 71.8 Å². The summed E-state index contributed by atoms with van der Waals surface area (Å²) in [5, 5.41) is 21.7. The Hall–Kier alpha value is -0.240. The fourth-order valence-corrected chi connectivity index (χ4v) is 3.03. The van der Waals surface area contributed by atoms with Crippen LogP contribution in [0.15, 0.2) is 0 Å². The molecule has 0 saturated heterocycles. The first-order valence-electron chi connectivity index (χ1n) is 10.0. The van der Waals surface area contributed by atoms with Crippen molar-refractivity contribution in [2.45, 2.75) is 113 Å². The smallest absolute Gasteiger partial charge is 0.112 e. The monoisotopic (exact) mass is 356 g/mol. The normalized spacial score (nSPS) is 29.9. The van der Waals surface area contributed by atoms with E-state index in [9.17, 15) is 10.2 Å². The fourth-order valence-electron chi connectivity index (χ4n) is 3.03. The molecular weight excluding hydrogens is 324 g/mol. The van der Waals surface area contributed by atoms with Gasteiger partial charge in [0.15, 0.2) is 0 Å². The first kappa shape index (κ1) is 18.1. The molecule has 4 aliphatic carbocycles. The van der Waals surface area contributed by atoms with Crippen molar-refractivity contribution in [3.63, 3.8) is 0 Å². The van der Waals surface area contributed by atoms with Crippen LogP contribution in [0.1, 0.15) is 58.3 Å². The Labute approximate surface area is 149 Å². The van der Waals surface area contributed by atoms with Gasteiger partial charge < -0.3 is 29.2 Å². The highest BCUT2D eigenvalue weighted by molar-refractivity contribution is 4.91. The molecule has 0 aromatic heterocycles. The summed E-state index contributed by atoms with van der Waals surface area (Å²) in [6.45, 7) is 2.26. The van der Waals surface area contributed by atoms with Gasteiger partial charge in [0.25, 0.3) is 0 Å². The molecule has 25 heavy (non-hydrogen) atoms. The predicted octanol–water partition coefficient (Wildman–Crippen LogP) is 1.55. The summed E-state index contributed by atoms with van der Waals surface area (Å²) >= 11 is 0. The molecule has 6 heteroatoms. The molecule has 0 aliphatic heterocycles. The Morgan fingerprint density at radius 3 is 1.80 bits per heavy atom. The third kappa shape index (κ3) is 5.62. The third-order valence-corrected chi connectivity index (χ3v) is 5.25. The van der Waals surface area contributed by atoms with Crippen molar-refractivity contribution in [1.82, 2.24) is 0 Å². The Bertz CT molecular complexity index is 430. The van der Waals surface area contributed by atoms with Crippen LogP contribution in [0.3, 0.4) is 0 Å². The van der Waals surface area contributed by atoms with Crippen LogP contribution in [0.4, 0.5) is 0 Å². The molecule has 144 valence electrons. The van der Waals surface area contributed by atoms with E-state index in [0.29, 0.717) is 12.7 Å². The van der Waals surface area contributed by atoms with Gasteiger partial charge >= 0.3 is 0 Å². The maximum Gasteiger partial charge on any atom is 0.112 e. The number of hydrogen-bond acceptors (Lipinski definition) is 6. The van der Waals surface area contributed by atoms with Crippen LogP contribution in [0.5, 0.6) is 0 Å². The molecule has 0 heterocycles. The quantitative estimate of drug-likeness (QED) is 0.521. The second kappa shape index (κ2) is 7.79. The van der Waals surface area contributed by atoms with E-state index >= 15 is 0 Å². The van der Waals surface area contributed by atoms with Gasteiger partial charge in [0, 0.05) is 0 Å². The van der Waals surface area contributed by atoms with Gasteiger partial charge in [-0.3, -0.25) is 0 Å². The molecule has 4 saturated carbocycles. The van der Waals surface area contributed by atoms with Crippen LogP contribution in [-0.2, 0) is 18.9 Å². The maximum atomic E-state index is 10.9.